The lowest BCUT2D eigenvalue weighted by Crippen LogP contribution is -2.53. The number of anilines is 1. The predicted octanol–water partition coefficient (Wildman–Crippen LogP) is 4.29. The first-order valence-electron chi connectivity index (χ1n) is 15.8. The quantitative estimate of drug-likeness (QED) is 0.285. The zero-order valence-electron chi connectivity index (χ0n) is 25.2. The summed E-state index contributed by atoms with van der Waals surface area (Å²) in [6.45, 7) is 4.70. The van der Waals surface area contributed by atoms with E-state index in [2.05, 4.69) is 22.9 Å². The number of aliphatic hydroxyl groups excluding tert-OH is 1. The summed E-state index contributed by atoms with van der Waals surface area (Å²) in [5.41, 5.74) is 3.24. The maximum Gasteiger partial charge on any atom is 0.251 e. The van der Waals surface area contributed by atoms with Gasteiger partial charge in [0.05, 0.1) is 18.2 Å². The number of carbonyl (C=O) groups is 3. The summed E-state index contributed by atoms with van der Waals surface area (Å²) in [4.78, 5) is 40.9. The molecule has 0 aromatic heterocycles. The Balaban J connectivity index is 1.46. The number of nitrogens with zero attached hydrogens (tertiary/aromatic N) is 1. The Morgan fingerprint density at radius 3 is 2.48 bits per heavy atom. The number of rotatable bonds is 13. The number of hydrogen-bond acceptors (Lipinski definition) is 5. The molecule has 1 saturated heterocycles. The molecule has 1 aliphatic carbocycles. The van der Waals surface area contributed by atoms with Gasteiger partial charge in [0.25, 0.3) is 5.91 Å². The van der Waals surface area contributed by atoms with E-state index >= 15 is 0 Å². The molecule has 0 radical (unpaired) electrons. The van der Waals surface area contributed by atoms with Crippen LogP contribution in [-0.4, -0.2) is 60.1 Å². The number of aliphatic hydroxyl groups is 1. The molecule has 1 aliphatic heterocycles. The number of amides is 3. The second kappa shape index (κ2) is 15.8. The van der Waals surface area contributed by atoms with Crippen molar-refractivity contribution in [1.29, 1.82) is 0 Å². The van der Waals surface area contributed by atoms with Crippen molar-refractivity contribution in [2.24, 2.45) is 0 Å². The molecular formula is C34H48N4O4. The molecule has 2 aromatic carbocycles. The largest absolute Gasteiger partial charge is 0.390 e. The molecule has 4 rings (SSSR count). The Morgan fingerprint density at radius 1 is 1.00 bits per heavy atom. The van der Waals surface area contributed by atoms with Crippen molar-refractivity contribution in [3.63, 3.8) is 0 Å². The average molecular weight is 577 g/mol. The SMILES string of the molecule is CCCc1cc(C(=O)NC(Cc2ccccc2)C(O)CN[C@@H](C)C(=O)NC2CCCCC2)cc(N2CCCCC2=O)c1. The van der Waals surface area contributed by atoms with Gasteiger partial charge < -0.3 is 26.0 Å². The fraction of sp³-hybridized carbons (Fsp3) is 0.559. The number of carbonyl (C=O) groups excluding carboxylic acids is 3. The molecule has 3 amide bonds. The van der Waals surface area contributed by atoms with Gasteiger partial charge in [0.1, 0.15) is 0 Å². The second-order valence-electron chi connectivity index (χ2n) is 12.0. The van der Waals surface area contributed by atoms with E-state index in [9.17, 15) is 19.5 Å². The molecule has 2 aromatic rings. The summed E-state index contributed by atoms with van der Waals surface area (Å²) in [6, 6.07) is 14.6. The zero-order chi connectivity index (χ0) is 29.9. The summed E-state index contributed by atoms with van der Waals surface area (Å²) in [5.74, 6) is -0.265. The van der Waals surface area contributed by atoms with Crippen molar-refractivity contribution < 1.29 is 19.5 Å². The Kier molecular flexibility index (Phi) is 12.0. The summed E-state index contributed by atoms with van der Waals surface area (Å²) in [5, 5.41) is 20.7. The van der Waals surface area contributed by atoms with E-state index in [0.29, 0.717) is 24.9 Å². The van der Waals surface area contributed by atoms with Gasteiger partial charge in [-0.05, 0) is 74.8 Å². The van der Waals surface area contributed by atoms with E-state index in [0.717, 1.165) is 68.2 Å². The number of aryl methyl sites for hydroxylation is 1. The number of hydrogen-bond donors (Lipinski definition) is 4. The van der Waals surface area contributed by atoms with E-state index in [4.69, 9.17) is 0 Å². The van der Waals surface area contributed by atoms with Crippen LogP contribution in [0.2, 0.25) is 0 Å². The summed E-state index contributed by atoms with van der Waals surface area (Å²) in [6.07, 6.45) is 9.13. The Labute approximate surface area is 250 Å². The van der Waals surface area contributed by atoms with Crippen LogP contribution in [-0.2, 0) is 22.4 Å². The van der Waals surface area contributed by atoms with E-state index in [1.807, 2.05) is 42.5 Å². The van der Waals surface area contributed by atoms with Crippen molar-refractivity contribution in [3.8, 4) is 0 Å². The van der Waals surface area contributed by atoms with Crippen LogP contribution < -0.4 is 20.9 Å². The monoisotopic (exact) mass is 576 g/mol. The van der Waals surface area contributed by atoms with Gasteiger partial charge in [-0.25, -0.2) is 0 Å². The fourth-order valence-corrected chi connectivity index (χ4v) is 5.98. The first-order chi connectivity index (χ1) is 20.3. The lowest BCUT2D eigenvalue weighted by molar-refractivity contribution is -0.123. The molecule has 0 spiro atoms. The van der Waals surface area contributed by atoms with Crippen molar-refractivity contribution in [3.05, 3.63) is 65.2 Å². The standard InChI is InChI=1S/C34H48N4O4/c1-3-12-26-19-27(22-29(20-26)38-18-11-10-17-32(38)40)34(42)37-30(21-25-13-6-4-7-14-25)31(39)23-35-24(2)33(41)36-28-15-8-5-9-16-28/h4,6-7,13-14,19-20,22,24,28,30-31,35,39H,3,5,8-12,15-18,21,23H2,1-2H3,(H,36,41)(H,37,42)/t24-,30?,31?/m0/s1. The zero-order valence-corrected chi connectivity index (χ0v) is 25.2. The molecule has 8 heteroatoms. The first kappa shape index (κ1) is 31.7. The molecule has 8 nitrogen and oxygen atoms in total. The van der Waals surface area contributed by atoms with E-state index in [1.54, 1.807) is 17.9 Å². The van der Waals surface area contributed by atoms with Gasteiger partial charge in [-0.3, -0.25) is 14.4 Å². The van der Waals surface area contributed by atoms with Gasteiger partial charge in [-0.2, -0.15) is 0 Å². The van der Waals surface area contributed by atoms with Crippen molar-refractivity contribution in [1.82, 2.24) is 16.0 Å². The summed E-state index contributed by atoms with van der Waals surface area (Å²) in [7, 11) is 0. The molecular weight excluding hydrogens is 528 g/mol. The van der Waals surface area contributed by atoms with Gasteiger partial charge >= 0.3 is 0 Å². The molecule has 2 aliphatic rings. The Morgan fingerprint density at radius 2 is 1.76 bits per heavy atom. The molecule has 228 valence electrons. The molecule has 1 heterocycles. The van der Waals surface area contributed by atoms with Crippen LogP contribution in [0.4, 0.5) is 5.69 Å². The highest BCUT2D eigenvalue weighted by molar-refractivity contribution is 5.99. The molecule has 2 fully saturated rings. The molecule has 3 atom stereocenters. The number of nitrogens with one attached hydrogen (secondary N) is 3. The van der Waals surface area contributed by atoms with Crippen LogP contribution in [0.3, 0.4) is 0 Å². The minimum atomic E-state index is -0.930. The summed E-state index contributed by atoms with van der Waals surface area (Å²) < 4.78 is 0. The predicted molar refractivity (Wildman–Crippen MR) is 167 cm³/mol. The molecule has 4 N–H and O–H groups in total. The topological polar surface area (TPSA) is 111 Å². The molecule has 0 bridgehead atoms. The third-order valence-corrected chi connectivity index (χ3v) is 8.47. The molecule has 1 saturated carbocycles. The lowest BCUT2D eigenvalue weighted by atomic mass is 9.95. The van der Waals surface area contributed by atoms with Crippen LogP contribution in [0.15, 0.2) is 48.5 Å². The molecule has 42 heavy (non-hydrogen) atoms. The maximum absolute atomic E-state index is 13.7. The van der Waals surface area contributed by atoms with Crippen LogP contribution in [0.5, 0.6) is 0 Å². The average Bonchev–Trinajstić information content (AvgIpc) is 3.00. The summed E-state index contributed by atoms with van der Waals surface area (Å²) >= 11 is 0. The van der Waals surface area contributed by atoms with Crippen LogP contribution >= 0.6 is 0 Å². The highest BCUT2D eigenvalue weighted by atomic mass is 16.3. The van der Waals surface area contributed by atoms with Gasteiger partial charge in [0.15, 0.2) is 0 Å². The minimum absolute atomic E-state index is 0.0646. The van der Waals surface area contributed by atoms with Crippen molar-refractivity contribution in [2.45, 2.75) is 109 Å². The smallest absolute Gasteiger partial charge is 0.251 e. The van der Waals surface area contributed by atoms with E-state index in [1.165, 1.54) is 6.42 Å². The Bertz CT molecular complexity index is 1180. The van der Waals surface area contributed by atoms with Gasteiger partial charge in [0.2, 0.25) is 11.8 Å². The Hall–Kier alpha value is -3.23. The van der Waals surface area contributed by atoms with Crippen LogP contribution in [0.25, 0.3) is 0 Å². The molecule has 2 unspecified atom stereocenters. The lowest BCUT2D eigenvalue weighted by Gasteiger charge is -2.29. The van der Waals surface area contributed by atoms with Crippen LogP contribution in [0.1, 0.15) is 93.1 Å². The highest BCUT2D eigenvalue weighted by Crippen LogP contribution is 2.25. The number of piperidine rings is 1. The van der Waals surface area contributed by atoms with Crippen LogP contribution in [0, 0.1) is 0 Å². The fourth-order valence-electron chi connectivity index (χ4n) is 5.98. The van der Waals surface area contributed by atoms with Gasteiger partial charge in [-0.15, -0.1) is 0 Å². The second-order valence-corrected chi connectivity index (χ2v) is 12.0. The van der Waals surface area contributed by atoms with Crippen molar-refractivity contribution >= 4 is 23.4 Å². The van der Waals surface area contributed by atoms with Crippen molar-refractivity contribution in [2.75, 3.05) is 18.0 Å². The first-order valence-corrected chi connectivity index (χ1v) is 15.8. The van der Waals surface area contributed by atoms with Gasteiger partial charge in [0, 0.05) is 36.8 Å². The number of benzene rings is 2. The van der Waals surface area contributed by atoms with E-state index in [-0.39, 0.29) is 30.3 Å². The third-order valence-electron chi connectivity index (χ3n) is 8.47. The van der Waals surface area contributed by atoms with E-state index < -0.39 is 18.2 Å². The normalized spacial score (nSPS) is 18.3. The minimum Gasteiger partial charge on any atom is -0.390 e. The third kappa shape index (κ3) is 9.13. The highest BCUT2D eigenvalue weighted by Gasteiger charge is 2.26. The maximum atomic E-state index is 13.7. The van der Waals surface area contributed by atoms with Gasteiger partial charge in [-0.1, -0.05) is 62.9 Å².